The number of benzene rings is 5. The zero-order chi connectivity index (χ0) is 45.9. The fourth-order valence-corrected chi connectivity index (χ4v) is 11.4. The van der Waals surface area contributed by atoms with Crippen molar-refractivity contribution in [1.29, 1.82) is 0 Å². The predicted octanol–water partition coefficient (Wildman–Crippen LogP) is 11.1. The molecule has 10 rings (SSSR count). The second-order valence-corrected chi connectivity index (χ2v) is 19.7. The lowest BCUT2D eigenvalue weighted by Crippen LogP contribution is -2.62. The molecule has 11 heteroatoms. The van der Waals surface area contributed by atoms with Crippen molar-refractivity contribution in [2.24, 2.45) is 10.9 Å². The van der Waals surface area contributed by atoms with Crippen molar-refractivity contribution >= 4 is 38.9 Å². The zero-order valence-corrected chi connectivity index (χ0v) is 38.5. The van der Waals surface area contributed by atoms with Crippen molar-refractivity contribution in [3.05, 3.63) is 125 Å². The molecular weight excluding hydrogens is 834 g/mol. The molecule has 0 radical (unpaired) electrons. The summed E-state index contributed by atoms with van der Waals surface area (Å²) in [6.07, 6.45) is 8.76. The highest BCUT2D eigenvalue weighted by Crippen LogP contribution is 2.47. The van der Waals surface area contributed by atoms with Crippen LogP contribution < -0.4 is 9.64 Å². The molecule has 0 saturated carbocycles. The van der Waals surface area contributed by atoms with Gasteiger partial charge >= 0.3 is 6.01 Å². The summed E-state index contributed by atoms with van der Waals surface area (Å²) in [6.45, 7) is 13.9. The Bertz CT molecular complexity index is 2840. The quantitative estimate of drug-likeness (QED) is 0.100. The average Bonchev–Trinajstić information content (AvgIpc) is 3.81. The number of nitrogens with zero attached hydrogens (tertiary/aromatic N) is 6. The number of piperazine rings is 1. The van der Waals surface area contributed by atoms with E-state index < -0.39 is 23.3 Å². The normalized spacial score (nSPS) is 23.1. The number of anilines is 1. The Labute approximate surface area is 385 Å². The first kappa shape index (κ1) is 44.1. The Morgan fingerprint density at radius 2 is 1.67 bits per heavy atom. The van der Waals surface area contributed by atoms with Crippen LogP contribution in [0.2, 0.25) is 0 Å². The SMILES string of the molecule is C#Cc1c(F)ccc2cc(N=C(c3ccccc3)c3ccccc3)cc(-c3cc4c5c(nc(OC[C@@]67CCCN6C[C@H](F)C7)nc5c3F)N3CCN(COC(C)(C)C)[C@@H](CC)[C@@H]3[C@@H](C)C4)c12. The van der Waals surface area contributed by atoms with Crippen LogP contribution in [0.15, 0.2) is 96.0 Å². The van der Waals surface area contributed by atoms with Crippen molar-refractivity contribution < 1.29 is 22.6 Å². The molecule has 3 saturated heterocycles. The molecule has 5 atom stereocenters. The van der Waals surface area contributed by atoms with Crippen molar-refractivity contribution in [2.75, 3.05) is 44.4 Å². The maximum Gasteiger partial charge on any atom is 0.319 e. The predicted molar refractivity (Wildman–Crippen MR) is 258 cm³/mol. The van der Waals surface area contributed by atoms with Gasteiger partial charge in [0.05, 0.1) is 28.1 Å². The first-order valence-corrected chi connectivity index (χ1v) is 23.5. The highest BCUT2D eigenvalue weighted by Gasteiger charge is 2.50. The molecule has 4 aliphatic rings. The summed E-state index contributed by atoms with van der Waals surface area (Å²) in [5.41, 5.74) is 3.98. The van der Waals surface area contributed by atoms with Crippen LogP contribution in [0.1, 0.15) is 82.6 Å². The maximum atomic E-state index is 18.3. The lowest BCUT2D eigenvalue weighted by Gasteiger charge is -2.50. The van der Waals surface area contributed by atoms with Gasteiger partial charge in [-0.1, -0.05) is 86.5 Å². The van der Waals surface area contributed by atoms with E-state index in [1.165, 1.54) is 6.07 Å². The van der Waals surface area contributed by atoms with Gasteiger partial charge < -0.3 is 14.4 Å². The van der Waals surface area contributed by atoms with E-state index in [0.717, 1.165) is 54.8 Å². The van der Waals surface area contributed by atoms with Crippen molar-refractivity contribution in [2.45, 2.75) is 96.1 Å². The smallest absolute Gasteiger partial charge is 0.319 e. The number of rotatable bonds is 10. The Balaban J connectivity index is 1.18. The van der Waals surface area contributed by atoms with Crippen LogP contribution in [0.4, 0.5) is 24.7 Å². The van der Waals surface area contributed by atoms with E-state index in [-0.39, 0.29) is 52.9 Å². The van der Waals surface area contributed by atoms with E-state index in [0.29, 0.717) is 65.9 Å². The third-order valence-corrected chi connectivity index (χ3v) is 14.3. The molecule has 0 N–H and O–H groups in total. The van der Waals surface area contributed by atoms with E-state index in [2.05, 4.69) is 55.2 Å². The topological polar surface area (TPSA) is 66.3 Å². The molecule has 3 fully saturated rings. The number of terminal acetylenes is 1. The fraction of sp³-hybridized carbons (Fsp3) is 0.400. The molecule has 340 valence electrons. The first-order chi connectivity index (χ1) is 31.8. The van der Waals surface area contributed by atoms with Gasteiger partial charge in [0.1, 0.15) is 36.7 Å². The molecule has 5 heterocycles. The summed E-state index contributed by atoms with van der Waals surface area (Å²) < 4.78 is 62.1. The highest BCUT2D eigenvalue weighted by atomic mass is 19.1. The minimum Gasteiger partial charge on any atom is -0.461 e. The number of ether oxygens (including phenoxy) is 2. The van der Waals surface area contributed by atoms with Crippen LogP contribution in [0, 0.1) is 29.9 Å². The molecule has 6 aromatic rings. The van der Waals surface area contributed by atoms with Gasteiger partial charge in [0.15, 0.2) is 5.82 Å². The summed E-state index contributed by atoms with van der Waals surface area (Å²) in [5, 5.41) is 1.67. The van der Waals surface area contributed by atoms with Crippen LogP contribution in [0.5, 0.6) is 6.01 Å². The van der Waals surface area contributed by atoms with Gasteiger partial charge in [-0.05, 0) is 99.7 Å². The van der Waals surface area contributed by atoms with Gasteiger partial charge in [-0.3, -0.25) is 9.80 Å². The van der Waals surface area contributed by atoms with Crippen LogP contribution in [0.25, 0.3) is 32.8 Å². The van der Waals surface area contributed by atoms with Crippen molar-refractivity contribution in [3.8, 4) is 29.5 Å². The van der Waals surface area contributed by atoms with Crippen LogP contribution in [-0.2, 0) is 11.2 Å². The monoisotopic (exact) mass is 890 g/mol. The Morgan fingerprint density at radius 3 is 2.36 bits per heavy atom. The molecular formula is C55H57F3N6O2. The fourth-order valence-electron chi connectivity index (χ4n) is 11.4. The number of halogens is 3. The van der Waals surface area contributed by atoms with E-state index in [1.807, 2.05) is 78.9 Å². The number of aliphatic imine (C=N–C) groups is 1. The lowest BCUT2D eigenvalue weighted by molar-refractivity contribution is -0.0864. The molecule has 0 amide bonds. The van der Waals surface area contributed by atoms with Gasteiger partial charge in [0.2, 0.25) is 0 Å². The summed E-state index contributed by atoms with van der Waals surface area (Å²) in [5.74, 6) is 2.14. The summed E-state index contributed by atoms with van der Waals surface area (Å²) in [4.78, 5) is 22.4. The zero-order valence-electron chi connectivity index (χ0n) is 38.5. The first-order valence-electron chi connectivity index (χ1n) is 23.5. The third-order valence-electron chi connectivity index (χ3n) is 14.3. The van der Waals surface area contributed by atoms with Gasteiger partial charge in [-0.15, -0.1) is 6.42 Å². The van der Waals surface area contributed by atoms with E-state index >= 15 is 8.78 Å². The molecule has 1 aromatic heterocycles. The number of alkyl halides is 1. The van der Waals surface area contributed by atoms with Crippen LogP contribution >= 0.6 is 0 Å². The maximum absolute atomic E-state index is 18.3. The Kier molecular flexibility index (Phi) is 11.6. The molecule has 0 unspecified atom stereocenters. The molecule has 4 aliphatic heterocycles. The number of fused-ring (bicyclic) bond motifs is 4. The summed E-state index contributed by atoms with van der Waals surface area (Å²) >= 11 is 0. The standard InChI is InChI=1S/C55H57F3N6O2/c1-7-41-44(57)21-20-37-27-40(59-49(35-16-11-9-12-17-35)36-18-13-10-14-19-36)29-42(46(37)41)43-28-38-26-34(3)51-45(8-2)62(33-66-54(4,5)6)24-25-64(51)52-47(38)50(48(43)58)60-53(61-52)65-32-55-22-15-23-63(55)31-39(56)30-55/h1,9-14,16-21,27-29,34,39,45,51H,8,15,22-26,30-33H2,2-6H3/t34-,39+,45-,51-,55-/m0/s1. The Hall–Kier alpha value is -5.80. The van der Waals surface area contributed by atoms with Gasteiger partial charge in [0, 0.05) is 65.6 Å². The number of hydrogen-bond acceptors (Lipinski definition) is 8. The van der Waals surface area contributed by atoms with Gasteiger partial charge in [-0.2, -0.15) is 9.97 Å². The molecule has 8 nitrogen and oxygen atoms in total. The molecule has 0 spiro atoms. The van der Waals surface area contributed by atoms with E-state index in [4.69, 9.17) is 30.9 Å². The average molecular weight is 891 g/mol. The number of hydrogen-bond donors (Lipinski definition) is 0. The summed E-state index contributed by atoms with van der Waals surface area (Å²) in [7, 11) is 0. The Morgan fingerprint density at radius 1 is 0.924 bits per heavy atom. The van der Waals surface area contributed by atoms with Crippen molar-refractivity contribution in [3.63, 3.8) is 0 Å². The number of aromatic nitrogens is 2. The highest BCUT2D eigenvalue weighted by molar-refractivity contribution is 6.14. The summed E-state index contributed by atoms with van der Waals surface area (Å²) in [6, 6.07) is 28.6. The van der Waals surface area contributed by atoms with Crippen molar-refractivity contribution in [1.82, 2.24) is 19.8 Å². The van der Waals surface area contributed by atoms with E-state index in [9.17, 15) is 4.39 Å². The minimum absolute atomic E-state index is 0.00162. The molecule has 0 aliphatic carbocycles. The second-order valence-electron chi connectivity index (χ2n) is 19.7. The van der Waals surface area contributed by atoms with Crippen LogP contribution in [0.3, 0.4) is 0 Å². The largest absolute Gasteiger partial charge is 0.461 e. The second kappa shape index (κ2) is 17.4. The minimum atomic E-state index is -0.936. The van der Waals surface area contributed by atoms with Gasteiger partial charge in [-0.25, -0.2) is 18.2 Å². The van der Waals surface area contributed by atoms with Crippen LogP contribution in [-0.4, -0.2) is 94.4 Å². The third kappa shape index (κ3) is 8.01. The molecule has 66 heavy (non-hydrogen) atoms. The molecule has 0 bridgehead atoms. The van der Waals surface area contributed by atoms with E-state index in [1.54, 1.807) is 6.07 Å². The lowest BCUT2D eigenvalue weighted by atomic mass is 9.85. The molecule has 5 aromatic carbocycles. The van der Waals surface area contributed by atoms with Gasteiger partial charge in [0.25, 0.3) is 0 Å².